The summed E-state index contributed by atoms with van der Waals surface area (Å²) in [6, 6.07) is 9.31. The monoisotopic (exact) mass is 255 g/mol. The van der Waals surface area contributed by atoms with E-state index < -0.39 is 0 Å². The molecule has 3 rings (SSSR count). The lowest BCUT2D eigenvalue weighted by atomic mass is 10.1. The van der Waals surface area contributed by atoms with Gasteiger partial charge in [0.25, 0.3) is 0 Å². The van der Waals surface area contributed by atoms with Crippen LogP contribution in [-0.2, 0) is 4.74 Å². The summed E-state index contributed by atoms with van der Waals surface area (Å²) < 4.78 is 6.71. The smallest absolute Gasteiger partial charge is 0.340 e. The molecule has 0 atom stereocenters. The molecule has 2 N–H and O–H groups in total. The van der Waals surface area contributed by atoms with E-state index in [1.165, 1.54) is 0 Å². The first-order valence-electron chi connectivity index (χ1n) is 6.06. The summed E-state index contributed by atoms with van der Waals surface area (Å²) in [5.41, 5.74) is 1.65. The fraction of sp³-hybridized carbons (Fsp3) is 0.143. The average Bonchev–Trinajstić information content (AvgIpc) is 2.58. The molecule has 0 spiro atoms. The van der Waals surface area contributed by atoms with Gasteiger partial charge in [0, 0.05) is 17.0 Å². The van der Waals surface area contributed by atoms with Crippen LogP contribution >= 0.6 is 0 Å². The van der Waals surface area contributed by atoms with Gasteiger partial charge in [-0.3, -0.25) is 10.5 Å². The molecule has 5 nitrogen and oxygen atoms in total. The number of nitrogens with zero attached hydrogens (tertiary/aromatic N) is 1. The lowest BCUT2D eigenvalue weighted by Gasteiger charge is -2.06. The van der Waals surface area contributed by atoms with E-state index in [1.54, 1.807) is 23.7 Å². The third-order valence-electron chi connectivity index (χ3n) is 3.06. The standard InChI is InChI=1S/C14H13N3O2/c1-2-19-14(18)11-8-16-17-12(15)7-9-5-3-4-6-10(11)13(9)17/h3-8,15-16H,2H2,1H3. The van der Waals surface area contributed by atoms with E-state index in [1.807, 2.05) is 24.3 Å². The predicted molar refractivity (Wildman–Crippen MR) is 71.1 cm³/mol. The third kappa shape index (κ3) is 1.71. The van der Waals surface area contributed by atoms with Crippen LogP contribution in [0.15, 0.2) is 36.5 Å². The maximum absolute atomic E-state index is 12.0. The second kappa shape index (κ2) is 4.28. The Morgan fingerprint density at radius 3 is 3.00 bits per heavy atom. The number of carbonyl (C=O) groups is 1. The van der Waals surface area contributed by atoms with E-state index in [4.69, 9.17) is 10.1 Å². The van der Waals surface area contributed by atoms with Crippen molar-refractivity contribution in [3.63, 3.8) is 0 Å². The summed E-state index contributed by atoms with van der Waals surface area (Å²) in [6.45, 7) is 2.11. The zero-order valence-electron chi connectivity index (χ0n) is 10.4. The van der Waals surface area contributed by atoms with Gasteiger partial charge in [0.05, 0.1) is 17.7 Å². The number of hydrogen-bond donors (Lipinski definition) is 2. The van der Waals surface area contributed by atoms with Gasteiger partial charge in [-0.05, 0) is 13.0 Å². The Hall–Kier alpha value is -2.56. The Labute approximate surface area is 108 Å². The SMILES string of the molecule is CCOC(=O)c1c[nH]n2c(=N)cc3ccccc1c32. The number of H-pyrrole nitrogens is 1. The summed E-state index contributed by atoms with van der Waals surface area (Å²) in [6.07, 6.45) is 1.58. The highest BCUT2D eigenvalue weighted by molar-refractivity contribution is 6.07. The van der Waals surface area contributed by atoms with Crippen LogP contribution in [0.5, 0.6) is 0 Å². The van der Waals surface area contributed by atoms with Crippen molar-refractivity contribution >= 4 is 22.3 Å². The summed E-state index contributed by atoms with van der Waals surface area (Å²) in [4.78, 5) is 12.0. The minimum Gasteiger partial charge on any atom is -0.462 e. The Balaban J connectivity index is 2.45. The minimum atomic E-state index is -0.360. The normalized spacial score (nSPS) is 11.0. The van der Waals surface area contributed by atoms with Crippen LogP contribution in [0.1, 0.15) is 17.3 Å². The third-order valence-corrected chi connectivity index (χ3v) is 3.06. The summed E-state index contributed by atoms with van der Waals surface area (Å²) >= 11 is 0. The molecular weight excluding hydrogens is 242 g/mol. The summed E-state index contributed by atoms with van der Waals surface area (Å²) in [5, 5.41) is 12.5. The van der Waals surface area contributed by atoms with Crippen molar-refractivity contribution in [2.24, 2.45) is 0 Å². The van der Waals surface area contributed by atoms with E-state index in [0.29, 0.717) is 17.7 Å². The Kier molecular flexibility index (Phi) is 2.59. The zero-order valence-corrected chi connectivity index (χ0v) is 10.4. The highest BCUT2D eigenvalue weighted by atomic mass is 16.5. The molecule has 0 fully saturated rings. The zero-order chi connectivity index (χ0) is 13.4. The molecule has 0 saturated carbocycles. The quantitative estimate of drug-likeness (QED) is 0.688. The van der Waals surface area contributed by atoms with E-state index in [9.17, 15) is 4.79 Å². The molecule has 2 aromatic heterocycles. The number of aromatic amines is 1. The molecule has 0 aliphatic heterocycles. The van der Waals surface area contributed by atoms with E-state index in [-0.39, 0.29) is 5.97 Å². The summed E-state index contributed by atoms with van der Waals surface area (Å²) in [7, 11) is 0. The van der Waals surface area contributed by atoms with Crippen LogP contribution in [0.4, 0.5) is 0 Å². The molecule has 19 heavy (non-hydrogen) atoms. The molecule has 1 aromatic carbocycles. The minimum absolute atomic E-state index is 0.336. The molecule has 0 saturated heterocycles. The molecule has 2 heterocycles. The largest absolute Gasteiger partial charge is 0.462 e. The van der Waals surface area contributed by atoms with Crippen molar-refractivity contribution in [3.05, 3.63) is 47.6 Å². The maximum atomic E-state index is 12.0. The first kappa shape index (κ1) is 11.5. The van der Waals surface area contributed by atoms with Gasteiger partial charge in [-0.2, -0.15) is 0 Å². The Morgan fingerprint density at radius 1 is 1.42 bits per heavy atom. The Bertz CT molecular complexity index is 829. The average molecular weight is 255 g/mol. The van der Waals surface area contributed by atoms with E-state index in [0.717, 1.165) is 16.3 Å². The summed E-state index contributed by atoms with van der Waals surface area (Å²) in [5.74, 6) is -0.360. The van der Waals surface area contributed by atoms with Crippen LogP contribution in [0, 0.1) is 5.41 Å². The number of esters is 1. The van der Waals surface area contributed by atoms with Crippen molar-refractivity contribution in [2.45, 2.75) is 6.92 Å². The van der Waals surface area contributed by atoms with Crippen LogP contribution < -0.4 is 5.49 Å². The van der Waals surface area contributed by atoms with Crippen molar-refractivity contribution < 1.29 is 9.53 Å². The topological polar surface area (TPSA) is 70.3 Å². The molecule has 0 amide bonds. The number of nitrogens with one attached hydrogen (secondary N) is 2. The van der Waals surface area contributed by atoms with Crippen LogP contribution in [0.3, 0.4) is 0 Å². The fourth-order valence-electron chi connectivity index (χ4n) is 2.26. The van der Waals surface area contributed by atoms with Gasteiger partial charge in [0.15, 0.2) is 0 Å². The number of rotatable bonds is 2. The van der Waals surface area contributed by atoms with Crippen LogP contribution in [0.25, 0.3) is 16.3 Å². The van der Waals surface area contributed by atoms with E-state index >= 15 is 0 Å². The van der Waals surface area contributed by atoms with Gasteiger partial charge in [-0.25, -0.2) is 9.31 Å². The molecule has 0 radical (unpaired) electrons. The highest BCUT2D eigenvalue weighted by Gasteiger charge is 2.14. The molecule has 0 bridgehead atoms. The number of aromatic nitrogens is 2. The second-order valence-electron chi connectivity index (χ2n) is 4.21. The molecule has 5 heteroatoms. The van der Waals surface area contributed by atoms with Gasteiger partial charge in [0.2, 0.25) is 0 Å². The van der Waals surface area contributed by atoms with Crippen molar-refractivity contribution in [3.8, 4) is 0 Å². The molecule has 96 valence electrons. The second-order valence-corrected chi connectivity index (χ2v) is 4.21. The van der Waals surface area contributed by atoms with E-state index in [2.05, 4.69) is 5.10 Å². The molecular formula is C14H13N3O2. The number of carbonyl (C=O) groups excluding carboxylic acids is 1. The maximum Gasteiger partial charge on any atom is 0.340 e. The van der Waals surface area contributed by atoms with Gasteiger partial charge in [0.1, 0.15) is 5.49 Å². The fourth-order valence-corrected chi connectivity index (χ4v) is 2.26. The van der Waals surface area contributed by atoms with Gasteiger partial charge < -0.3 is 4.74 Å². The van der Waals surface area contributed by atoms with Gasteiger partial charge in [-0.1, -0.05) is 24.3 Å². The van der Waals surface area contributed by atoms with Crippen molar-refractivity contribution in [1.82, 2.24) is 9.61 Å². The number of ether oxygens (including phenoxy) is 1. The van der Waals surface area contributed by atoms with Crippen molar-refractivity contribution in [1.29, 1.82) is 5.41 Å². The van der Waals surface area contributed by atoms with Crippen LogP contribution in [-0.4, -0.2) is 22.2 Å². The first-order chi connectivity index (χ1) is 9.22. The predicted octanol–water partition coefficient (Wildman–Crippen LogP) is 2.08. The lowest BCUT2D eigenvalue weighted by molar-refractivity contribution is 0.0528. The van der Waals surface area contributed by atoms with Crippen LogP contribution in [0.2, 0.25) is 0 Å². The molecule has 0 aliphatic rings. The van der Waals surface area contributed by atoms with Crippen molar-refractivity contribution in [2.75, 3.05) is 6.61 Å². The first-order valence-corrected chi connectivity index (χ1v) is 6.06. The number of hydrogen-bond acceptors (Lipinski definition) is 3. The lowest BCUT2D eigenvalue weighted by Crippen LogP contribution is -2.12. The molecule has 0 unspecified atom stereocenters. The molecule has 0 aliphatic carbocycles. The molecule has 3 aromatic rings. The Morgan fingerprint density at radius 2 is 2.21 bits per heavy atom. The highest BCUT2D eigenvalue weighted by Crippen LogP contribution is 2.21. The van der Waals surface area contributed by atoms with Gasteiger partial charge in [-0.15, -0.1) is 0 Å². The van der Waals surface area contributed by atoms with Gasteiger partial charge >= 0.3 is 5.97 Å².